The third-order valence-corrected chi connectivity index (χ3v) is 5.23. The summed E-state index contributed by atoms with van der Waals surface area (Å²) in [5.74, 6) is 0.0821. The van der Waals surface area contributed by atoms with Crippen LogP contribution < -0.4 is 14.8 Å². The summed E-state index contributed by atoms with van der Waals surface area (Å²) in [6.45, 7) is 4.05. The summed E-state index contributed by atoms with van der Waals surface area (Å²) in [7, 11) is -1.90. The van der Waals surface area contributed by atoms with Crippen molar-refractivity contribution in [3.8, 4) is 5.75 Å². The Morgan fingerprint density at radius 2 is 2.04 bits per heavy atom. The van der Waals surface area contributed by atoms with E-state index in [1.807, 2.05) is 0 Å². The molecule has 1 heterocycles. The maximum atomic E-state index is 12.0. The summed E-state index contributed by atoms with van der Waals surface area (Å²) < 4.78 is 36.8. The second-order valence-electron chi connectivity index (χ2n) is 5.66. The molecule has 2 N–H and O–H groups in total. The summed E-state index contributed by atoms with van der Waals surface area (Å²) >= 11 is 0. The third-order valence-electron chi connectivity index (χ3n) is 3.84. The predicted octanol–water partition coefficient (Wildman–Crippen LogP) is -0.323. The molecular weight excluding hydrogens is 346 g/mol. The van der Waals surface area contributed by atoms with Gasteiger partial charge in [-0.1, -0.05) is 6.07 Å². The van der Waals surface area contributed by atoms with Crippen LogP contribution in [0.1, 0.15) is 10.4 Å². The van der Waals surface area contributed by atoms with Crippen LogP contribution in [0.15, 0.2) is 24.3 Å². The second kappa shape index (κ2) is 9.71. The van der Waals surface area contributed by atoms with Crippen LogP contribution in [0.25, 0.3) is 0 Å². The first-order valence-electron chi connectivity index (χ1n) is 8.20. The third kappa shape index (κ3) is 6.99. The fraction of sp³-hybridized carbons (Fsp3) is 0.562. The van der Waals surface area contributed by atoms with Gasteiger partial charge in [-0.25, -0.2) is 13.1 Å². The summed E-state index contributed by atoms with van der Waals surface area (Å²) in [5.41, 5.74) is 0.428. The van der Waals surface area contributed by atoms with Gasteiger partial charge < -0.3 is 14.8 Å². The number of hydrogen-bond acceptors (Lipinski definition) is 6. The summed E-state index contributed by atoms with van der Waals surface area (Å²) in [6.07, 6.45) is 0. The van der Waals surface area contributed by atoms with Crippen LogP contribution >= 0.6 is 0 Å². The largest absolute Gasteiger partial charge is 0.497 e. The van der Waals surface area contributed by atoms with E-state index >= 15 is 0 Å². The predicted molar refractivity (Wildman–Crippen MR) is 94.4 cm³/mol. The minimum atomic E-state index is -3.42. The molecule has 0 radical (unpaired) electrons. The van der Waals surface area contributed by atoms with E-state index in [1.165, 1.54) is 7.11 Å². The van der Waals surface area contributed by atoms with E-state index in [-0.39, 0.29) is 18.2 Å². The topological polar surface area (TPSA) is 97.0 Å². The number of benzene rings is 1. The lowest BCUT2D eigenvalue weighted by Crippen LogP contribution is -2.42. The van der Waals surface area contributed by atoms with Gasteiger partial charge in [-0.15, -0.1) is 0 Å². The van der Waals surface area contributed by atoms with Crippen LogP contribution in [-0.2, 0) is 14.8 Å². The molecule has 1 aliphatic heterocycles. The van der Waals surface area contributed by atoms with E-state index in [2.05, 4.69) is 14.9 Å². The Bertz CT molecular complexity index is 659. The van der Waals surface area contributed by atoms with E-state index in [0.717, 1.165) is 13.1 Å². The van der Waals surface area contributed by atoms with Crippen molar-refractivity contribution in [1.29, 1.82) is 0 Å². The molecule has 0 bridgehead atoms. The summed E-state index contributed by atoms with van der Waals surface area (Å²) in [4.78, 5) is 14.2. The number of nitrogens with one attached hydrogen (secondary N) is 2. The molecule has 0 aromatic heterocycles. The zero-order chi connectivity index (χ0) is 18.1. The molecule has 1 amide bonds. The Morgan fingerprint density at radius 1 is 1.28 bits per heavy atom. The molecule has 0 saturated carbocycles. The average molecular weight is 371 g/mol. The molecular formula is C16H25N3O5S. The zero-order valence-electron chi connectivity index (χ0n) is 14.4. The van der Waals surface area contributed by atoms with Crippen molar-refractivity contribution >= 4 is 15.9 Å². The molecule has 0 spiro atoms. The first-order valence-corrected chi connectivity index (χ1v) is 9.85. The minimum Gasteiger partial charge on any atom is -0.497 e. The Kier molecular flexibility index (Phi) is 7.63. The van der Waals surface area contributed by atoms with E-state index in [1.54, 1.807) is 24.3 Å². The van der Waals surface area contributed by atoms with Gasteiger partial charge in [0.25, 0.3) is 5.91 Å². The zero-order valence-corrected chi connectivity index (χ0v) is 15.2. The Hall–Kier alpha value is -1.68. The van der Waals surface area contributed by atoms with Gasteiger partial charge in [0, 0.05) is 38.3 Å². The monoisotopic (exact) mass is 371 g/mol. The molecule has 1 aliphatic rings. The molecule has 1 fully saturated rings. The lowest BCUT2D eigenvalue weighted by atomic mass is 10.2. The number of carbonyl (C=O) groups is 1. The van der Waals surface area contributed by atoms with Gasteiger partial charge in [0.1, 0.15) is 5.75 Å². The highest BCUT2D eigenvalue weighted by molar-refractivity contribution is 7.89. The van der Waals surface area contributed by atoms with Crippen LogP contribution in [0.3, 0.4) is 0 Å². The van der Waals surface area contributed by atoms with Gasteiger partial charge >= 0.3 is 0 Å². The summed E-state index contributed by atoms with van der Waals surface area (Å²) in [5, 5.41) is 2.61. The molecule has 9 heteroatoms. The highest BCUT2D eigenvalue weighted by Gasteiger charge is 2.14. The van der Waals surface area contributed by atoms with Gasteiger partial charge in [-0.05, 0) is 18.2 Å². The SMILES string of the molecule is COc1cccc(C(=O)NCCS(=O)(=O)NCCN2CCOCC2)c1. The average Bonchev–Trinajstić information content (AvgIpc) is 2.62. The molecule has 0 unspecified atom stereocenters. The van der Waals surface area contributed by atoms with Crippen LogP contribution in [0, 0.1) is 0 Å². The van der Waals surface area contributed by atoms with Crippen molar-refractivity contribution < 1.29 is 22.7 Å². The van der Waals surface area contributed by atoms with E-state index in [9.17, 15) is 13.2 Å². The number of ether oxygens (including phenoxy) is 2. The van der Waals surface area contributed by atoms with E-state index in [0.29, 0.717) is 37.6 Å². The van der Waals surface area contributed by atoms with Crippen molar-refractivity contribution in [3.63, 3.8) is 0 Å². The lowest BCUT2D eigenvalue weighted by Gasteiger charge is -2.26. The van der Waals surface area contributed by atoms with E-state index < -0.39 is 10.0 Å². The van der Waals surface area contributed by atoms with Gasteiger partial charge in [0.05, 0.1) is 26.1 Å². The maximum Gasteiger partial charge on any atom is 0.251 e. The van der Waals surface area contributed by atoms with Crippen LogP contribution in [0.2, 0.25) is 0 Å². The fourth-order valence-electron chi connectivity index (χ4n) is 2.42. The van der Waals surface area contributed by atoms with Gasteiger partial charge in [0.15, 0.2) is 0 Å². The number of nitrogens with zero attached hydrogens (tertiary/aromatic N) is 1. The van der Waals surface area contributed by atoms with Crippen molar-refractivity contribution in [2.24, 2.45) is 0 Å². The number of morpholine rings is 1. The highest BCUT2D eigenvalue weighted by Crippen LogP contribution is 2.12. The van der Waals surface area contributed by atoms with Crippen molar-refractivity contribution in [2.45, 2.75) is 0 Å². The molecule has 2 rings (SSSR count). The molecule has 8 nitrogen and oxygen atoms in total. The Balaban J connectivity index is 1.69. The Labute approximate surface area is 148 Å². The molecule has 1 aromatic carbocycles. The van der Waals surface area contributed by atoms with E-state index in [4.69, 9.17) is 9.47 Å². The highest BCUT2D eigenvalue weighted by atomic mass is 32.2. The molecule has 1 saturated heterocycles. The van der Waals surface area contributed by atoms with Crippen LogP contribution in [0.5, 0.6) is 5.75 Å². The number of carbonyl (C=O) groups excluding carboxylic acids is 1. The number of amides is 1. The molecule has 25 heavy (non-hydrogen) atoms. The number of hydrogen-bond donors (Lipinski definition) is 2. The summed E-state index contributed by atoms with van der Waals surface area (Å²) in [6, 6.07) is 6.69. The van der Waals surface area contributed by atoms with Gasteiger partial charge in [-0.3, -0.25) is 9.69 Å². The molecule has 1 aromatic rings. The second-order valence-corrected chi connectivity index (χ2v) is 7.58. The number of rotatable bonds is 9. The molecule has 140 valence electrons. The fourth-order valence-corrected chi connectivity index (χ4v) is 3.34. The van der Waals surface area contributed by atoms with Crippen molar-refractivity contribution in [2.75, 3.05) is 58.8 Å². The lowest BCUT2D eigenvalue weighted by molar-refractivity contribution is 0.0390. The van der Waals surface area contributed by atoms with Crippen molar-refractivity contribution in [1.82, 2.24) is 14.9 Å². The number of methoxy groups -OCH3 is 1. The first kappa shape index (κ1) is 19.6. The Morgan fingerprint density at radius 3 is 2.76 bits per heavy atom. The quantitative estimate of drug-likeness (QED) is 0.617. The molecule has 0 atom stereocenters. The van der Waals surface area contributed by atoms with Crippen molar-refractivity contribution in [3.05, 3.63) is 29.8 Å². The van der Waals surface area contributed by atoms with Crippen LogP contribution in [0.4, 0.5) is 0 Å². The van der Waals surface area contributed by atoms with Gasteiger partial charge in [0.2, 0.25) is 10.0 Å². The normalized spacial score (nSPS) is 15.7. The van der Waals surface area contributed by atoms with Gasteiger partial charge in [-0.2, -0.15) is 0 Å². The van der Waals surface area contributed by atoms with Crippen LogP contribution in [-0.4, -0.2) is 78.0 Å². The standard InChI is InChI=1S/C16H25N3O5S/c1-23-15-4-2-3-14(13-15)16(20)17-6-12-25(21,22)18-5-7-19-8-10-24-11-9-19/h2-4,13,18H,5-12H2,1H3,(H,17,20). The maximum absolute atomic E-state index is 12.0. The number of sulfonamides is 1. The minimum absolute atomic E-state index is 0.0446. The molecule has 0 aliphatic carbocycles. The first-order chi connectivity index (χ1) is 12.0. The smallest absolute Gasteiger partial charge is 0.251 e.